The van der Waals surface area contributed by atoms with E-state index in [0.29, 0.717) is 29.7 Å². The van der Waals surface area contributed by atoms with Crippen molar-refractivity contribution in [3.8, 4) is 5.88 Å². The molecule has 4 rings (SSSR count). The van der Waals surface area contributed by atoms with Gasteiger partial charge in [0.2, 0.25) is 5.88 Å². The van der Waals surface area contributed by atoms with Gasteiger partial charge >= 0.3 is 6.03 Å². The number of amides is 3. The second-order valence-electron chi connectivity index (χ2n) is 6.43. The number of hydrogen-bond acceptors (Lipinski definition) is 4. The van der Waals surface area contributed by atoms with E-state index in [1.165, 1.54) is 11.1 Å². The number of aromatic nitrogens is 1. The number of urea groups is 1. The molecule has 1 aromatic carbocycles. The van der Waals surface area contributed by atoms with Crippen molar-refractivity contribution >= 4 is 29.2 Å². The van der Waals surface area contributed by atoms with Crippen LogP contribution in [0.15, 0.2) is 42.6 Å². The lowest BCUT2D eigenvalue weighted by atomic mass is 10.0. The van der Waals surface area contributed by atoms with E-state index in [-0.39, 0.29) is 18.0 Å². The number of fused-ring (bicyclic) bond motifs is 1. The molecule has 2 aliphatic heterocycles. The van der Waals surface area contributed by atoms with Crippen LogP contribution in [0.2, 0.25) is 5.02 Å². The third-order valence-electron chi connectivity index (χ3n) is 4.72. The van der Waals surface area contributed by atoms with E-state index < -0.39 is 0 Å². The molecule has 0 saturated carbocycles. The first-order valence-corrected chi connectivity index (χ1v) is 8.99. The van der Waals surface area contributed by atoms with Crippen LogP contribution in [0.3, 0.4) is 0 Å². The Labute approximate surface area is 156 Å². The number of piperidine rings is 1. The summed E-state index contributed by atoms with van der Waals surface area (Å²) in [5, 5.41) is 0.674. The summed E-state index contributed by atoms with van der Waals surface area (Å²) in [6.45, 7) is 1.00. The maximum absolute atomic E-state index is 12.6. The zero-order valence-corrected chi connectivity index (χ0v) is 14.9. The van der Waals surface area contributed by atoms with E-state index in [9.17, 15) is 9.59 Å². The number of nitrogens with zero attached hydrogens (tertiary/aromatic N) is 3. The topological polar surface area (TPSA) is 62.7 Å². The van der Waals surface area contributed by atoms with Crippen LogP contribution in [-0.4, -0.2) is 34.4 Å². The average molecular weight is 372 g/mol. The Hall–Kier alpha value is -2.60. The summed E-state index contributed by atoms with van der Waals surface area (Å²) in [5.74, 6) is 0.270. The Morgan fingerprint density at radius 2 is 1.92 bits per heavy atom. The van der Waals surface area contributed by atoms with Crippen molar-refractivity contribution < 1.29 is 14.3 Å². The first-order chi connectivity index (χ1) is 12.6. The van der Waals surface area contributed by atoms with Gasteiger partial charge in [-0.3, -0.25) is 4.79 Å². The Kier molecular flexibility index (Phi) is 4.51. The number of benzene rings is 1. The number of carbonyl (C=O) groups excluding carboxylic acids is 2. The highest BCUT2D eigenvalue weighted by Crippen LogP contribution is 2.30. The highest BCUT2D eigenvalue weighted by atomic mass is 35.5. The summed E-state index contributed by atoms with van der Waals surface area (Å²) in [6.07, 6.45) is 4.16. The third-order valence-corrected chi connectivity index (χ3v) is 4.98. The van der Waals surface area contributed by atoms with Crippen molar-refractivity contribution in [3.05, 3.63) is 53.2 Å². The van der Waals surface area contributed by atoms with Crippen molar-refractivity contribution in [2.45, 2.75) is 31.9 Å². The van der Waals surface area contributed by atoms with Crippen molar-refractivity contribution in [3.63, 3.8) is 0 Å². The lowest BCUT2D eigenvalue weighted by Gasteiger charge is -2.25. The van der Waals surface area contributed by atoms with Crippen molar-refractivity contribution in [1.29, 1.82) is 0 Å². The van der Waals surface area contributed by atoms with Crippen LogP contribution in [0, 0.1) is 0 Å². The van der Waals surface area contributed by atoms with Gasteiger partial charge in [0.05, 0.1) is 11.9 Å². The molecule has 2 fully saturated rings. The molecule has 134 valence electrons. The molecule has 0 bridgehead atoms. The lowest BCUT2D eigenvalue weighted by Crippen LogP contribution is -2.39. The van der Waals surface area contributed by atoms with Gasteiger partial charge < -0.3 is 9.64 Å². The number of imide groups is 1. The summed E-state index contributed by atoms with van der Waals surface area (Å²) in [6, 6.07) is 10.2. The van der Waals surface area contributed by atoms with Crippen LogP contribution in [0.25, 0.3) is 0 Å². The molecule has 0 aliphatic carbocycles. The highest BCUT2D eigenvalue weighted by molar-refractivity contribution is 6.30. The fourth-order valence-electron chi connectivity index (χ4n) is 3.35. The van der Waals surface area contributed by atoms with Gasteiger partial charge in [-0.05, 0) is 43.0 Å². The van der Waals surface area contributed by atoms with Gasteiger partial charge in [0.15, 0.2) is 0 Å². The number of ether oxygens (including phenoxy) is 1. The van der Waals surface area contributed by atoms with E-state index in [1.807, 2.05) is 12.1 Å². The maximum atomic E-state index is 12.6. The molecule has 0 spiro atoms. The van der Waals surface area contributed by atoms with E-state index in [1.54, 1.807) is 29.2 Å². The van der Waals surface area contributed by atoms with Gasteiger partial charge in [-0.1, -0.05) is 23.7 Å². The summed E-state index contributed by atoms with van der Waals surface area (Å²) >= 11 is 5.86. The SMILES string of the molecule is O=C1C2CCCCN2C(=O)N1c1ccc(OCc2ccc(Cl)cc2)nc1. The molecular formula is C19H18ClN3O3. The van der Waals surface area contributed by atoms with Gasteiger partial charge in [-0.2, -0.15) is 0 Å². The number of hydrogen-bond donors (Lipinski definition) is 0. The van der Waals surface area contributed by atoms with Gasteiger partial charge in [-0.15, -0.1) is 0 Å². The summed E-state index contributed by atoms with van der Waals surface area (Å²) in [4.78, 5) is 32.2. The van der Waals surface area contributed by atoms with Gasteiger partial charge in [0.25, 0.3) is 5.91 Å². The third kappa shape index (κ3) is 3.12. The molecule has 7 heteroatoms. The van der Waals surface area contributed by atoms with Crippen LogP contribution in [0.4, 0.5) is 10.5 Å². The fraction of sp³-hybridized carbons (Fsp3) is 0.316. The Morgan fingerprint density at radius 3 is 2.62 bits per heavy atom. The molecule has 2 aromatic rings. The molecule has 3 heterocycles. The number of pyridine rings is 1. The zero-order chi connectivity index (χ0) is 18.1. The van der Waals surface area contributed by atoms with Gasteiger partial charge in [-0.25, -0.2) is 14.7 Å². The van der Waals surface area contributed by atoms with E-state index in [2.05, 4.69) is 4.98 Å². The quantitative estimate of drug-likeness (QED) is 0.770. The standard InChI is InChI=1S/C19H18ClN3O3/c20-14-6-4-13(5-7-14)12-26-17-9-8-15(11-21-17)23-18(24)16-3-1-2-10-22(16)19(23)25/h4-9,11,16H,1-3,10,12H2. The Morgan fingerprint density at radius 1 is 1.12 bits per heavy atom. The summed E-state index contributed by atoms with van der Waals surface area (Å²) < 4.78 is 5.64. The molecule has 3 amide bonds. The molecular weight excluding hydrogens is 354 g/mol. The first-order valence-electron chi connectivity index (χ1n) is 8.61. The number of halogens is 1. The number of rotatable bonds is 4. The van der Waals surface area contributed by atoms with Crippen molar-refractivity contribution in [2.75, 3.05) is 11.4 Å². The minimum atomic E-state index is -0.322. The number of carbonyl (C=O) groups is 2. The van der Waals surface area contributed by atoms with E-state index >= 15 is 0 Å². The van der Waals surface area contributed by atoms with Gasteiger partial charge in [0, 0.05) is 17.6 Å². The summed E-state index contributed by atoms with van der Waals surface area (Å²) in [5.41, 5.74) is 1.45. The van der Waals surface area contributed by atoms with Crippen LogP contribution in [0.5, 0.6) is 5.88 Å². The predicted octanol–water partition coefficient (Wildman–Crippen LogP) is 3.64. The van der Waals surface area contributed by atoms with Crippen LogP contribution >= 0.6 is 11.6 Å². The highest BCUT2D eigenvalue weighted by Gasteiger charge is 2.46. The Balaban J connectivity index is 1.45. The molecule has 1 atom stereocenters. The van der Waals surface area contributed by atoms with Crippen molar-refractivity contribution in [2.24, 2.45) is 0 Å². The first kappa shape index (κ1) is 16.8. The zero-order valence-electron chi connectivity index (χ0n) is 14.1. The van der Waals surface area contributed by atoms with E-state index in [0.717, 1.165) is 24.8 Å². The largest absolute Gasteiger partial charge is 0.473 e. The Bertz CT molecular complexity index is 799. The predicted molar refractivity (Wildman–Crippen MR) is 97.2 cm³/mol. The minimum absolute atomic E-state index is 0.161. The average Bonchev–Trinajstić information content (AvgIpc) is 2.93. The maximum Gasteiger partial charge on any atom is 0.332 e. The molecule has 6 nitrogen and oxygen atoms in total. The second kappa shape index (κ2) is 6.96. The van der Waals surface area contributed by atoms with Crippen LogP contribution in [0.1, 0.15) is 24.8 Å². The molecule has 1 unspecified atom stereocenters. The molecule has 0 radical (unpaired) electrons. The van der Waals surface area contributed by atoms with E-state index in [4.69, 9.17) is 16.3 Å². The van der Waals surface area contributed by atoms with Gasteiger partial charge in [0.1, 0.15) is 12.6 Å². The monoisotopic (exact) mass is 371 g/mol. The minimum Gasteiger partial charge on any atom is -0.473 e. The summed E-state index contributed by atoms with van der Waals surface area (Å²) in [7, 11) is 0. The van der Waals surface area contributed by atoms with Crippen LogP contribution < -0.4 is 9.64 Å². The normalized spacial score (nSPS) is 19.7. The smallest absolute Gasteiger partial charge is 0.332 e. The molecule has 26 heavy (non-hydrogen) atoms. The number of anilines is 1. The van der Waals surface area contributed by atoms with Crippen LogP contribution in [-0.2, 0) is 11.4 Å². The molecule has 2 aliphatic rings. The second-order valence-corrected chi connectivity index (χ2v) is 6.87. The molecule has 2 saturated heterocycles. The fourth-order valence-corrected chi connectivity index (χ4v) is 3.48. The molecule has 0 N–H and O–H groups in total. The lowest BCUT2D eigenvalue weighted by molar-refractivity contribution is -0.120. The van der Waals surface area contributed by atoms with Crippen molar-refractivity contribution in [1.82, 2.24) is 9.88 Å². The molecule has 1 aromatic heterocycles.